The Balaban J connectivity index is 4.58. The SMILES string of the molecule is C=C/C=C(\C(=C)Br)[N+](=O)[O-]. The topological polar surface area (TPSA) is 43.1 Å². The van der Waals surface area contributed by atoms with Crippen LogP contribution in [0.2, 0.25) is 0 Å². The van der Waals surface area contributed by atoms with Crippen molar-refractivity contribution in [2.75, 3.05) is 0 Å². The molecule has 0 radical (unpaired) electrons. The summed E-state index contributed by atoms with van der Waals surface area (Å²) in [7, 11) is 0. The summed E-state index contributed by atoms with van der Waals surface area (Å²) in [5.74, 6) is 0. The quantitative estimate of drug-likeness (QED) is 0.402. The number of allylic oxidation sites excluding steroid dienone is 3. The third-order valence-corrected chi connectivity index (χ3v) is 1.16. The monoisotopic (exact) mass is 203 g/mol. The third kappa shape index (κ3) is 2.59. The van der Waals surface area contributed by atoms with Crippen molar-refractivity contribution in [3.63, 3.8) is 0 Å². The van der Waals surface area contributed by atoms with E-state index in [-0.39, 0.29) is 10.2 Å². The van der Waals surface area contributed by atoms with E-state index < -0.39 is 4.92 Å². The molecule has 0 unspecified atom stereocenters. The van der Waals surface area contributed by atoms with E-state index in [1.807, 2.05) is 0 Å². The maximum atomic E-state index is 10.1. The minimum absolute atomic E-state index is 0.0741. The summed E-state index contributed by atoms with van der Waals surface area (Å²) < 4.78 is 0.248. The Bertz CT molecular complexity index is 192. The van der Waals surface area contributed by atoms with Crippen LogP contribution < -0.4 is 0 Å². The summed E-state index contributed by atoms with van der Waals surface area (Å²) in [6.45, 7) is 6.68. The summed E-state index contributed by atoms with van der Waals surface area (Å²) in [5, 5.41) is 10.1. The molecule has 0 aromatic heterocycles. The first-order valence-corrected chi connectivity index (χ1v) is 3.20. The summed E-state index contributed by atoms with van der Waals surface area (Å²) in [6.07, 6.45) is 2.61. The normalized spacial score (nSPS) is 10.7. The zero-order chi connectivity index (χ0) is 8.15. The van der Waals surface area contributed by atoms with Gasteiger partial charge in [0.1, 0.15) is 0 Å². The Labute approximate surface area is 67.0 Å². The molecule has 0 atom stereocenters. The van der Waals surface area contributed by atoms with Crippen LogP contribution >= 0.6 is 15.9 Å². The van der Waals surface area contributed by atoms with E-state index in [0.717, 1.165) is 0 Å². The van der Waals surface area contributed by atoms with Crippen molar-refractivity contribution in [2.24, 2.45) is 0 Å². The molecule has 4 heteroatoms. The molecule has 0 aromatic carbocycles. The molecule has 0 saturated heterocycles. The van der Waals surface area contributed by atoms with Gasteiger partial charge in [0.25, 0.3) is 5.70 Å². The fourth-order valence-electron chi connectivity index (χ4n) is 0.362. The maximum Gasteiger partial charge on any atom is 0.282 e. The Morgan fingerprint density at radius 2 is 2.20 bits per heavy atom. The highest BCUT2D eigenvalue weighted by Crippen LogP contribution is 2.14. The lowest BCUT2D eigenvalue weighted by atomic mass is 10.4. The van der Waals surface area contributed by atoms with Crippen LogP contribution in [0.1, 0.15) is 0 Å². The molecular formula is C6H6BrNO2. The van der Waals surface area contributed by atoms with Crippen molar-refractivity contribution >= 4 is 15.9 Å². The predicted molar refractivity (Wildman–Crippen MR) is 43.3 cm³/mol. The molecule has 0 heterocycles. The Hall–Kier alpha value is -0.900. The van der Waals surface area contributed by atoms with Gasteiger partial charge in [0.2, 0.25) is 0 Å². The number of halogens is 1. The first-order chi connectivity index (χ1) is 4.59. The second-order valence-electron chi connectivity index (χ2n) is 1.45. The number of rotatable bonds is 3. The Kier molecular flexibility index (Phi) is 3.64. The van der Waals surface area contributed by atoms with E-state index >= 15 is 0 Å². The number of nitrogens with zero attached hydrogens (tertiary/aromatic N) is 1. The van der Waals surface area contributed by atoms with E-state index in [0.29, 0.717) is 0 Å². The smallest absolute Gasteiger partial charge is 0.258 e. The van der Waals surface area contributed by atoms with Gasteiger partial charge in [-0.15, -0.1) is 0 Å². The minimum atomic E-state index is -0.529. The highest BCUT2D eigenvalue weighted by atomic mass is 79.9. The second-order valence-corrected chi connectivity index (χ2v) is 2.41. The second kappa shape index (κ2) is 4.00. The number of hydrogen-bond donors (Lipinski definition) is 0. The lowest BCUT2D eigenvalue weighted by Gasteiger charge is -1.90. The van der Waals surface area contributed by atoms with Crippen molar-refractivity contribution in [3.05, 3.63) is 45.6 Å². The van der Waals surface area contributed by atoms with E-state index in [9.17, 15) is 10.1 Å². The average molecular weight is 204 g/mol. The average Bonchev–Trinajstić information content (AvgIpc) is 1.81. The first kappa shape index (κ1) is 9.10. The molecule has 0 rings (SSSR count). The molecule has 10 heavy (non-hydrogen) atoms. The zero-order valence-electron chi connectivity index (χ0n) is 5.21. The highest BCUT2D eigenvalue weighted by Gasteiger charge is 2.09. The predicted octanol–water partition coefficient (Wildman–Crippen LogP) is 2.24. The lowest BCUT2D eigenvalue weighted by Crippen LogP contribution is -1.96. The fraction of sp³-hybridized carbons (Fsp3) is 0. The van der Waals surface area contributed by atoms with Crippen LogP contribution in [0.4, 0.5) is 0 Å². The van der Waals surface area contributed by atoms with Crippen molar-refractivity contribution < 1.29 is 4.92 Å². The van der Waals surface area contributed by atoms with Gasteiger partial charge >= 0.3 is 0 Å². The highest BCUT2D eigenvalue weighted by molar-refractivity contribution is 9.11. The van der Waals surface area contributed by atoms with Gasteiger partial charge in [0.15, 0.2) is 0 Å². The third-order valence-electron chi connectivity index (χ3n) is 0.750. The lowest BCUT2D eigenvalue weighted by molar-refractivity contribution is -0.419. The molecule has 54 valence electrons. The Morgan fingerprint density at radius 1 is 1.70 bits per heavy atom. The molecule has 0 amide bonds. The van der Waals surface area contributed by atoms with Gasteiger partial charge in [0, 0.05) is 6.08 Å². The van der Waals surface area contributed by atoms with Crippen LogP contribution in [0.25, 0.3) is 0 Å². The minimum Gasteiger partial charge on any atom is -0.258 e. The van der Waals surface area contributed by atoms with Crippen LogP contribution in [-0.2, 0) is 0 Å². The van der Waals surface area contributed by atoms with Gasteiger partial charge in [-0.25, -0.2) is 0 Å². The van der Waals surface area contributed by atoms with Gasteiger partial charge in [-0.05, 0) is 15.9 Å². The fourth-order valence-corrected chi connectivity index (χ4v) is 0.639. The van der Waals surface area contributed by atoms with E-state index in [4.69, 9.17) is 0 Å². The van der Waals surface area contributed by atoms with Crippen LogP contribution in [-0.4, -0.2) is 4.92 Å². The molecule has 0 bridgehead atoms. The molecule has 0 aliphatic heterocycles. The van der Waals surface area contributed by atoms with Crippen molar-refractivity contribution in [1.29, 1.82) is 0 Å². The van der Waals surface area contributed by atoms with E-state index in [2.05, 4.69) is 29.1 Å². The largest absolute Gasteiger partial charge is 0.282 e. The number of hydrogen-bond acceptors (Lipinski definition) is 2. The molecule has 0 saturated carbocycles. The van der Waals surface area contributed by atoms with E-state index in [1.165, 1.54) is 12.2 Å². The number of nitro groups is 1. The summed E-state index contributed by atoms with van der Waals surface area (Å²) in [4.78, 5) is 9.60. The molecule has 0 fully saturated rings. The summed E-state index contributed by atoms with van der Waals surface area (Å²) >= 11 is 2.89. The zero-order valence-corrected chi connectivity index (χ0v) is 6.80. The molecule has 0 aliphatic carbocycles. The molecule has 0 spiro atoms. The van der Waals surface area contributed by atoms with Gasteiger partial charge in [-0.1, -0.05) is 19.2 Å². The Morgan fingerprint density at radius 3 is 2.30 bits per heavy atom. The van der Waals surface area contributed by atoms with Crippen molar-refractivity contribution in [3.8, 4) is 0 Å². The van der Waals surface area contributed by atoms with Crippen molar-refractivity contribution in [1.82, 2.24) is 0 Å². The molecule has 0 aromatic rings. The summed E-state index contributed by atoms with van der Waals surface area (Å²) in [6, 6.07) is 0. The van der Waals surface area contributed by atoms with Crippen LogP contribution in [0.15, 0.2) is 35.5 Å². The standard InChI is InChI=1S/C6H6BrNO2/c1-3-4-6(5(2)7)8(9)10/h3-4H,1-2H2/b6-4+. The van der Waals surface area contributed by atoms with E-state index in [1.54, 1.807) is 0 Å². The van der Waals surface area contributed by atoms with Crippen LogP contribution in [0.5, 0.6) is 0 Å². The van der Waals surface area contributed by atoms with Crippen molar-refractivity contribution in [2.45, 2.75) is 0 Å². The maximum absolute atomic E-state index is 10.1. The first-order valence-electron chi connectivity index (χ1n) is 2.41. The van der Waals surface area contributed by atoms with Gasteiger partial charge in [-0.2, -0.15) is 0 Å². The van der Waals surface area contributed by atoms with Crippen LogP contribution in [0.3, 0.4) is 0 Å². The summed E-state index contributed by atoms with van der Waals surface area (Å²) in [5.41, 5.74) is -0.0741. The van der Waals surface area contributed by atoms with Gasteiger partial charge in [-0.3, -0.25) is 10.1 Å². The van der Waals surface area contributed by atoms with Gasteiger partial charge < -0.3 is 0 Å². The molecular weight excluding hydrogens is 198 g/mol. The van der Waals surface area contributed by atoms with Crippen LogP contribution in [0, 0.1) is 10.1 Å². The molecule has 0 N–H and O–H groups in total. The van der Waals surface area contributed by atoms with Gasteiger partial charge in [0.05, 0.1) is 9.41 Å². The molecule has 0 aliphatic rings. The molecule has 3 nitrogen and oxygen atoms in total.